The minimum absolute atomic E-state index is 0.123. The molecule has 0 amide bonds. The van der Waals surface area contributed by atoms with Gasteiger partial charge in [0.15, 0.2) is 0 Å². The molecule has 1 aliphatic rings. The molecule has 1 heterocycles. The van der Waals surface area contributed by atoms with Crippen LogP contribution >= 0.6 is 0 Å². The first-order valence-electron chi connectivity index (χ1n) is 7.65. The molecule has 1 aliphatic heterocycles. The standard InChI is InChI=1S/C17H16F3N3O2S/c1-16(12-5-3-2-4-6-12)11-15(17(18,19)20)22-23(16)13-7-9-14(10-8-13)26(21,24)25/h2-10H,11H2,1H3,(H2,21,24,25). The fourth-order valence-electron chi connectivity index (χ4n) is 2.97. The molecule has 1 atom stereocenters. The topological polar surface area (TPSA) is 75.8 Å². The summed E-state index contributed by atoms with van der Waals surface area (Å²) in [5.74, 6) is 0. The van der Waals surface area contributed by atoms with Crippen molar-refractivity contribution in [1.82, 2.24) is 0 Å². The SMILES string of the molecule is CC1(c2ccccc2)CC(C(F)(F)F)=NN1c1ccc(S(N)(=O)=O)cc1. The van der Waals surface area contributed by atoms with Gasteiger partial charge in [0.1, 0.15) is 5.71 Å². The lowest BCUT2D eigenvalue weighted by molar-refractivity contribution is -0.0603. The zero-order valence-electron chi connectivity index (χ0n) is 13.7. The lowest BCUT2D eigenvalue weighted by Crippen LogP contribution is -2.37. The maximum Gasteiger partial charge on any atom is 0.431 e. The van der Waals surface area contributed by atoms with Crippen LogP contribution in [0.2, 0.25) is 0 Å². The van der Waals surface area contributed by atoms with Gasteiger partial charge in [-0.05, 0) is 36.8 Å². The third-order valence-electron chi connectivity index (χ3n) is 4.33. The highest BCUT2D eigenvalue weighted by atomic mass is 32.2. The minimum Gasteiger partial charge on any atom is -0.255 e. The minimum atomic E-state index is -4.55. The Labute approximate surface area is 149 Å². The summed E-state index contributed by atoms with van der Waals surface area (Å²) in [5.41, 5.74) is -0.948. The van der Waals surface area contributed by atoms with Gasteiger partial charge in [0.05, 0.1) is 16.1 Å². The number of hydrogen-bond donors (Lipinski definition) is 1. The Kier molecular flexibility index (Phi) is 4.32. The Balaban J connectivity index is 2.09. The molecule has 0 fully saturated rings. The van der Waals surface area contributed by atoms with Crippen LogP contribution in [0.5, 0.6) is 0 Å². The number of hydrazone groups is 1. The quantitative estimate of drug-likeness (QED) is 0.883. The third-order valence-corrected chi connectivity index (χ3v) is 5.26. The summed E-state index contributed by atoms with van der Waals surface area (Å²) in [4.78, 5) is -0.123. The monoisotopic (exact) mass is 383 g/mol. The van der Waals surface area contributed by atoms with Gasteiger partial charge in [-0.25, -0.2) is 13.6 Å². The van der Waals surface area contributed by atoms with E-state index >= 15 is 0 Å². The summed E-state index contributed by atoms with van der Waals surface area (Å²) >= 11 is 0. The number of nitrogens with zero attached hydrogens (tertiary/aromatic N) is 2. The molecule has 5 nitrogen and oxygen atoms in total. The number of alkyl halides is 3. The van der Waals surface area contributed by atoms with Crippen molar-refractivity contribution in [2.75, 3.05) is 5.01 Å². The second kappa shape index (κ2) is 6.10. The van der Waals surface area contributed by atoms with E-state index in [4.69, 9.17) is 5.14 Å². The molecule has 0 saturated heterocycles. The van der Waals surface area contributed by atoms with Crippen molar-refractivity contribution in [3.8, 4) is 0 Å². The first-order valence-corrected chi connectivity index (χ1v) is 9.20. The van der Waals surface area contributed by atoms with Crippen LogP contribution in [-0.4, -0.2) is 20.3 Å². The van der Waals surface area contributed by atoms with Gasteiger partial charge < -0.3 is 0 Å². The molecule has 9 heteroatoms. The van der Waals surface area contributed by atoms with Crippen molar-refractivity contribution < 1.29 is 21.6 Å². The second-order valence-electron chi connectivity index (χ2n) is 6.21. The smallest absolute Gasteiger partial charge is 0.255 e. The van der Waals surface area contributed by atoms with Crippen LogP contribution in [0.4, 0.5) is 18.9 Å². The van der Waals surface area contributed by atoms with E-state index in [1.807, 2.05) is 0 Å². The number of benzene rings is 2. The zero-order valence-corrected chi connectivity index (χ0v) is 14.6. The predicted molar refractivity (Wildman–Crippen MR) is 92.2 cm³/mol. The third kappa shape index (κ3) is 3.32. The number of rotatable bonds is 3. The molecular formula is C17H16F3N3O2S. The van der Waals surface area contributed by atoms with E-state index in [1.165, 1.54) is 29.3 Å². The molecule has 2 N–H and O–H groups in total. The molecule has 0 aliphatic carbocycles. The van der Waals surface area contributed by atoms with Crippen molar-refractivity contribution >= 4 is 21.4 Å². The van der Waals surface area contributed by atoms with Crippen LogP contribution < -0.4 is 10.1 Å². The second-order valence-corrected chi connectivity index (χ2v) is 7.77. The van der Waals surface area contributed by atoms with Crippen molar-refractivity contribution in [2.24, 2.45) is 10.2 Å². The van der Waals surface area contributed by atoms with Crippen molar-refractivity contribution in [1.29, 1.82) is 0 Å². The summed E-state index contributed by atoms with van der Waals surface area (Å²) < 4.78 is 62.6. The van der Waals surface area contributed by atoms with E-state index in [0.29, 0.717) is 11.3 Å². The average Bonchev–Trinajstić information content (AvgIpc) is 2.94. The number of primary sulfonamides is 1. The van der Waals surface area contributed by atoms with Crippen LogP contribution in [0.15, 0.2) is 64.6 Å². The molecular weight excluding hydrogens is 367 g/mol. The predicted octanol–water partition coefficient (Wildman–Crippen LogP) is 3.38. The highest BCUT2D eigenvalue weighted by molar-refractivity contribution is 7.89. The fraction of sp³-hybridized carbons (Fsp3) is 0.235. The molecule has 0 radical (unpaired) electrons. The van der Waals surface area contributed by atoms with E-state index in [9.17, 15) is 21.6 Å². The largest absolute Gasteiger partial charge is 0.431 e. The Hall–Kier alpha value is -2.39. The van der Waals surface area contributed by atoms with E-state index < -0.39 is 27.5 Å². The highest BCUT2D eigenvalue weighted by Crippen LogP contribution is 2.43. The molecule has 2 aromatic carbocycles. The Morgan fingerprint density at radius 2 is 1.65 bits per heavy atom. The van der Waals surface area contributed by atoms with Gasteiger partial charge >= 0.3 is 6.18 Å². The molecule has 0 spiro atoms. The van der Waals surface area contributed by atoms with Crippen molar-refractivity contribution in [2.45, 2.75) is 30.0 Å². The van der Waals surface area contributed by atoms with E-state index in [1.54, 1.807) is 37.3 Å². The number of halogens is 3. The normalized spacial score (nSPS) is 21.0. The molecule has 26 heavy (non-hydrogen) atoms. The zero-order chi connectivity index (χ0) is 19.2. The fourth-order valence-corrected chi connectivity index (χ4v) is 3.48. The lowest BCUT2D eigenvalue weighted by Gasteiger charge is -2.35. The van der Waals surface area contributed by atoms with Gasteiger partial charge in [0.25, 0.3) is 0 Å². The first-order chi connectivity index (χ1) is 12.0. The van der Waals surface area contributed by atoms with Gasteiger partial charge in [-0.15, -0.1) is 0 Å². The van der Waals surface area contributed by atoms with Gasteiger partial charge in [-0.2, -0.15) is 18.3 Å². The molecule has 0 bridgehead atoms. The van der Waals surface area contributed by atoms with E-state index in [2.05, 4.69) is 5.10 Å². The summed E-state index contributed by atoms with van der Waals surface area (Å²) in [7, 11) is -3.89. The molecule has 138 valence electrons. The van der Waals surface area contributed by atoms with Crippen LogP contribution in [0.25, 0.3) is 0 Å². The van der Waals surface area contributed by atoms with Crippen molar-refractivity contribution in [3.63, 3.8) is 0 Å². The maximum atomic E-state index is 13.3. The van der Waals surface area contributed by atoms with E-state index in [-0.39, 0.29) is 11.3 Å². The Morgan fingerprint density at radius 1 is 1.08 bits per heavy atom. The van der Waals surface area contributed by atoms with Crippen LogP contribution in [0.1, 0.15) is 18.9 Å². The summed E-state index contributed by atoms with van der Waals surface area (Å²) in [5, 5.41) is 10.1. The molecule has 0 saturated carbocycles. The van der Waals surface area contributed by atoms with Crippen LogP contribution in [-0.2, 0) is 15.6 Å². The Bertz CT molecular complexity index is 941. The van der Waals surface area contributed by atoms with Crippen molar-refractivity contribution in [3.05, 3.63) is 60.2 Å². The number of sulfonamides is 1. The molecule has 3 rings (SSSR count). The molecule has 0 aromatic heterocycles. The lowest BCUT2D eigenvalue weighted by atomic mass is 9.87. The van der Waals surface area contributed by atoms with Gasteiger partial charge in [-0.1, -0.05) is 30.3 Å². The average molecular weight is 383 g/mol. The van der Waals surface area contributed by atoms with Crippen LogP contribution in [0.3, 0.4) is 0 Å². The van der Waals surface area contributed by atoms with Gasteiger partial charge in [0.2, 0.25) is 10.0 Å². The van der Waals surface area contributed by atoms with Gasteiger partial charge in [0, 0.05) is 6.42 Å². The number of anilines is 1. The highest BCUT2D eigenvalue weighted by Gasteiger charge is 2.49. The summed E-state index contributed by atoms with van der Waals surface area (Å²) in [6.07, 6.45) is -4.87. The number of nitrogens with two attached hydrogens (primary N) is 1. The summed E-state index contributed by atoms with van der Waals surface area (Å²) in [6, 6.07) is 14.0. The van der Waals surface area contributed by atoms with Gasteiger partial charge in [-0.3, -0.25) is 5.01 Å². The maximum absolute atomic E-state index is 13.3. The number of hydrogen-bond acceptors (Lipinski definition) is 4. The molecule has 1 unspecified atom stereocenters. The molecule has 2 aromatic rings. The Morgan fingerprint density at radius 3 is 2.15 bits per heavy atom. The summed E-state index contributed by atoms with van der Waals surface area (Å²) in [6.45, 7) is 1.66. The van der Waals surface area contributed by atoms with E-state index in [0.717, 1.165) is 0 Å². The first kappa shape index (κ1) is 18.4. The van der Waals surface area contributed by atoms with Crippen LogP contribution in [0, 0.1) is 0 Å².